The quantitative estimate of drug-likeness (QED) is 0.762. The van der Waals surface area contributed by atoms with Gasteiger partial charge in [0.05, 0.1) is 24.8 Å². The molecule has 1 N–H and O–H groups in total. The highest BCUT2D eigenvalue weighted by Gasteiger charge is 2.36. The number of hydrogen-bond acceptors (Lipinski definition) is 4. The number of rotatable bonds is 8. The Kier molecular flexibility index (Phi) is 6.53. The largest absolute Gasteiger partial charge is 0.494 e. The van der Waals surface area contributed by atoms with E-state index in [0.29, 0.717) is 37.7 Å². The Hall–Kier alpha value is -3.02. The number of hydrogen-bond donors (Lipinski definition) is 1. The predicted octanol–water partition coefficient (Wildman–Crippen LogP) is 3.15. The van der Waals surface area contributed by atoms with Gasteiger partial charge in [-0.1, -0.05) is 24.3 Å². The van der Waals surface area contributed by atoms with Gasteiger partial charge in [0.2, 0.25) is 11.8 Å². The first kappa shape index (κ1) is 19.7. The maximum Gasteiger partial charge on any atom is 0.227 e. The zero-order chi connectivity index (χ0) is 19.9. The second-order valence-corrected chi connectivity index (χ2v) is 6.60. The van der Waals surface area contributed by atoms with E-state index in [9.17, 15) is 9.59 Å². The minimum Gasteiger partial charge on any atom is -0.494 e. The molecule has 1 saturated heterocycles. The van der Waals surface area contributed by atoms with Crippen LogP contribution in [0.5, 0.6) is 11.5 Å². The van der Waals surface area contributed by atoms with E-state index in [4.69, 9.17) is 9.47 Å². The highest BCUT2D eigenvalue weighted by atomic mass is 16.5. The zero-order valence-corrected chi connectivity index (χ0v) is 16.3. The smallest absolute Gasteiger partial charge is 0.227 e. The van der Waals surface area contributed by atoms with Crippen LogP contribution in [0.4, 0.5) is 5.69 Å². The molecule has 2 aromatic carbocycles. The predicted molar refractivity (Wildman–Crippen MR) is 108 cm³/mol. The number of para-hydroxylation sites is 2. The Morgan fingerprint density at radius 1 is 1.11 bits per heavy atom. The fourth-order valence-corrected chi connectivity index (χ4v) is 3.32. The van der Waals surface area contributed by atoms with Crippen LogP contribution in [0.2, 0.25) is 0 Å². The molecule has 0 bridgehead atoms. The number of nitrogens with one attached hydrogen (secondary N) is 1. The average molecular weight is 382 g/mol. The van der Waals surface area contributed by atoms with Gasteiger partial charge in [-0.15, -0.1) is 0 Å². The molecule has 0 saturated carbocycles. The zero-order valence-electron chi connectivity index (χ0n) is 16.3. The molecular formula is C22H26N2O4. The number of amides is 2. The van der Waals surface area contributed by atoms with Crippen LogP contribution >= 0.6 is 0 Å². The SMILES string of the molecule is CCOc1cccc(CNC(=O)C2CC(=O)N(c3ccccc3OCC)C2)c1. The lowest BCUT2D eigenvalue weighted by molar-refractivity contribution is -0.126. The van der Waals surface area contributed by atoms with E-state index in [0.717, 1.165) is 11.3 Å². The van der Waals surface area contributed by atoms with Gasteiger partial charge in [-0.05, 0) is 43.7 Å². The molecule has 1 atom stereocenters. The van der Waals surface area contributed by atoms with Crippen LogP contribution in [0, 0.1) is 5.92 Å². The molecule has 1 heterocycles. The first-order valence-electron chi connectivity index (χ1n) is 9.64. The summed E-state index contributed by atoms with van der Waals surface area (Å²) in [5.74, 6) is 0.880. The topological polar surface area (TPSA) is 67.9 Å². The van der Waals surface area contributed by atoms with Crippen LogP contribution in [0.3, 0.4) is 0 Å². The Labute approximate surface area is 165 Å². The second-order valence-electron chi connectivity index (χ2n) is 6.60. The number of benzene rings is 2. The monoisotopic (exact) mass is 382 g/mol. The summed E-state index contributed by atoms with van der Waals surface area (Å²) in [4.78, 5) is 26.8. The summed E-state index contributed by atoms with van der Waals surface area (Å²) in [6, 6.07) is 15.1. The van der Waals surface area contributed by atoms with Crippen molar-refractivity contribution in [3.63, 3.8) is 0 Å². The van der Waals surface area contributed by atoms with Crippen molar-refractivity contribution in [3.8, 4) is 11.5 Å². The molecule has 6 nitrogen and oxygen atoms in total. The van der Waals surface area contributed by atoms with E-state index in [2.05, 4.69) is 5.32 Å². The molecule has 3 rings (SSSR count). The molecule has 1 aliphatic heterocycles. The molecule has 28 heavy (non-hydrogen) atoms. The molecule has 1 unspecified atom stereocenters. The summed E-state index contributed by atoms with van der Waals surface area (Å²) in [5.41, 5.74) is 1.68. The highest BCUT2D eigenvalue weighted by Crippen LogP contribution is 2.33. The van der Waals surface area contributed by atoms with Crippen molar-refractivity contribution in [3.05, 3.63) is 54.1 Å². The summed E-state index contributed by atoms with van der Waals surface area (Å²) in [5, 5.41) is 2.94. The minimum absolute atomic E-state index is 0.0642. The van der Waals surface area contributed by atoms with Crippen molar-refractivity contribution in [2.75, 3.05) is 24.7 Å². The molecule has 148 valence electrons. The van der Waals surface area contributed by atoms with Gasteiger partial charge in [0.25, 0.3) is 0 Å². The summed E-state index contributed by atoms with van der Waals surface area (Å²) >= 11 is 0. The molecule has 0 aliphatic carbocycles. The number of ether oxygens (including phenoxy) is 2. The first-order valence-corrected chi connectivity index (χ1v) is 9.64. The highest BCUT2D eigenvalue weighted by molar-refractivity contribution is 6.01. The van der Waals surface area contributed by atoms with E-state index in [1.165, 1.54) is 0 Å². The van der Waals surface area contributed by atoms with E-state index in [-0.39, 0.29) is 24.2 Å². The van der Waals surface area contributed by atoms with Crippen molar-refractivity contribution in [1.82, 2.24) is 5.32 Å². The molecule has 6 heteroatoms. The Balaban J connectivity index is 1.62. The fraction of sp³-hybridized carbons (Fsp3) is 0.364. The third-order valence-corrected chi connectivity index (χ3v) is 4.63. The number of nitrogens with zero attached hydrogens (tertiary/aromatic N) is 1. The first-order chi connectivity index (χ1) is 13.6. The second kappa shape index (κ2) is 9.26. The maximum atomic E-state index is 12.6. The van der Waals surface area contributed by atoms with Crippen LogP contribution in [0.25, 0.3) is 0 Å². The summed E-state index contributed by atoms with van der Waals surface area (Å²) < 4.78 is 11.1. The van der Waals surface area contributed by atoms with Gasteiger partial charge in [0.1, 0.15) is 11.5 Å². The third-order valence-electron chi connectivity index (χ3n) is 4.63. The van der Waals surface area contributed by atoms with Gasteiger partial charge in [-0.2, -0.15) is 0 Å². The fourth-order valence-electron chi connectivity index (χ4n) is 3.32. The maximum absolute atomic E-state index is 12.6. The van der Waals surface area contributed by atoms with Crippen LogP contribution in [-0.4, -0.2) is 31.6 Å². The number of carbonyl (C=O) groups is 2. The van der Waals surface area contributed by atoms with Crippen LogP contribution < -0.4 is 19.7 Å². The number of anilines is 1. The van der Waals surface area contributed by atoms with E-state index >= 15 is 0 Å². The Morgan fingerprint density at radius 3 is 2.68 bits per heavy atom. The van der Waals surface area contributed by atoms with Gasteiger partial charge >= 0.3 is 0 Å². The van der Waals surface area contributed by atoms with Crippen molar-refractivity contribution in [1.29, 1.82) is 0 Å². The van der Waals surface area contributed by atoms with Crippen molar-refractivity contribution in [2.45, 2.75) is 26.8 Å². The lowest BCUT2D eigenvalue weighted by atomic mass is 10.1. The van der Waals surface area contributed by atoms with Crippen molar-refractivity contribution in [2.24, 2.45) is 5.92 Å². The van der Waals surface area contributed by atoms with Gasteiger partial charge < -0.3 is 19.7 Å². The normalized spacial score (nSPS) is 16.1. The van der Waals surface area contributed by atoms with Crippen LogP contribution in [0.15, 0.2) is 48.5 Å². The molecule has 0 radical (unpaired) electrons. The van der Waals surface area contributed by atoms with Gasteiger partial charge in [0, 0.05) is 19.5 Å². The molecular weight excluding hydrogens is 356 g/mol. The van der Waals surface area contributed by atoms with Crippen molar-refractivity contribution < 1.29 is 19.1 Å². The Bertz CT molecular complexity index is 837. The number of carbonyl (C=O) groups excluding carboxylic acids is 2. The lowest BCUT2D eigenvalue weighted by Gasteiger charge is -2.20. The summed E-state index contributed by atoms with van der Waals surface area (Å²) in [6.07, 6.45) is 0.200. The van der Waals surface area contributed by atoms with E-state index in [1.807, 2.05) is 62.4 Å². The third kappa shape index (κ3) is 4.63. The molecule has 0 aromatic heterocycles. The Morgan fingerprint density at radius 2 is 1.89 bits per heavy atom. The molecule has 2 amide bonds. The average Bonchev–Trinajstić information content (AvgIpc) is 3.09. The lowest BCUT2D eigenvalue weighted by Crippen LogP contribution is -2.32. The molecule has 1 aliphatic rings. The standard InChI is InChI=1S/C22H26N2O4/c1-3-27-18-9-7-8-16(12-18)14-23-22(26)17-13-21(25)24(15-17)19-10-5-6-11-20(19)28-4-2/h5-12,17H,3-4,13-15H2,1-2H3,(H,23,26). The summed E-state index contributed by atoms with van der Waals surface area (Å²) in [7, 11) is 0. The summed E-state index contributed by atoms with van der Waals surface area (Å²) in [6.45, 7) is 5.71. The minimum atomic E-state index is -0.378. The van der Waals surface area contributed by atoms with Crippen molar-refractivity contribution >= 4 is 17.5 Å². The van der Waals surface area contributed by atoms with E-state index < -0.39 is 0 Å². The molecule has 2 aromatic rings. The van der Waals surface area contributed by atoms with Gasteiger partial charge in [0.15, 0.2) is 0 Å². The molecule has 1 fully saturated rings. The van der Waals surface area contributed by atoms with Gasteiger partial charge in [-0.25, -0.2) is 0 Å². The molecule has 0 spiro atoms. The van der Waals surface area contributed by atoms with Crippen LogP contribution in [-0.2, 0) is 16.1 Å². The van der Waals surface area contributed by atoms with E-state index in [1.54, 1.807) is 4.90 Å². The van der Waals surface area contributed by atoms with Gasteiger partial charge in [-0.3, -0.25) is 9.59 Å². The van der Waals surface area contributed by atoms with Crippen LogP contribution in [0.1, 0.15) is 25.8 Å².